The van der Waals surface area contributed by atoms with Crippen molar-refractivity contribution in [3.8, 4) is 5.69 Å². The lowest BCUT2D eigenvalue weighted by atomic mass is 9.61. The number of allylic oxidation sites excluding steroid dienone is 1. The van der Waals surface area contributed by atoms with Crippen LogP contribution in [0, 0.1) is 11.2 Å². The van der Waals surface area contributed by atoms with Crippen LogP contribution in [0.4, 0.5) is 4.39 Å². The number of hydrogen-bond donors (Lipinski definition) is 0. The van der Waals surface area contributed by atoms with E-state index in [0.717, 1.165) is 35.4 Å². The fourth-order valence-corrected chi connectivity index (χ4v) is 7.79. The first-order chi connectivity index (χ1) is 17.2. The molecule has 3 aliphatic carbocycles. The minimum atomic E-state index is -3.78. The van der Waals surface area contributed by atoms with Gasteiger partial charge in [-0.25, -0.2) is 22.5 Å². The largest absolute Gasteiger partial charge is 0.339 e. The van der Waals surface area contributed by atoms with Crippen LogP contribution in [-0.4, -0.2) is 49.9 Å². The molecule has 0 bridgehead atoms. The van der Waals surface area contributed by atoms with Crippen molar-refractivity contribution < 1.29 is 17.6 Å². The Balaban J connectivity index is 1.37. The number of halogens is 1. The molecule has 3 aliphatic rings. The van der Waals surface area contributed by atoms with Crippen LogP contribution in [0.2, 0.25) is 0 Å². The van der Waals surface area contributed by atoms with E-state index in [1.54, 1.807) is 45.9 Å². The Morgan fingerprint density at radius 2 is 1.92 bits per heavy atom. The zero-order chi connectivity index (χ0) is 25.2. The normalized spacial score (nSPS) is 23.8. The summed E-state index contributed by atoms with van der Waals surface area (Å²) < 4.78 is 45.8. The molecule has 8 nitrogen and oxygen atoms in total. The second kappa shape index (κ2) is 8.21. The van der Waals surface area contributed by atoms with Gasteiger partial charge in [0.05, 0.1) is 29.3 Å². The van der Waals surface area contributed by atoms with Crippen molar-refractivity contribution in [2.24, 2.45) is 12.5 Å². The zero-order valence-corrected chi connectivity index (χ0v) is 21.1. The second-order valence-electron chi connectivity index (χ2n) is 10.3. The lowest BCUT2D eigenvalue weighted by Crippen LogP contribution is -2.50. The van der Waals surface area contributed by atoms with Crippen LogP contribution in [0.5, 0.6) is 0 Å². The molecule has 36 heavy (non-hydrogen) atoms. The van der Waals surface area contributed by atoms with Crippen LogP contribution in [0.1, 0.15) is 50.3 Å². The number of imidazole rings is 1. The summed E-state index contributed by atoms with van der Waals surface area (Å²) in [6, 6.07) is 5.84. The molecule has 2 aromatic heterocycles. The van der Waals surface area contributed by atoms with Crippen LogP contribution in [0.3, 0.4) is 0 Å². The molecule has 0 amide bonds. The van der Waals surface area contributed by atoms with Gasteiger partial charge in [0.1, 0.15) is 11.6 Å². The maximum Gasteiger partial charge on any atom is 0.262 e. The van der Waals surface area contributed by atoms with Crippen LogP contribution >= 0.6 is 0 Å². The molecule has 0 aliphatic heterocycles. The van der Waals surface area contributed by atoms with Gasteiger partial charge in [-0.2, -0.15) is 9.40 Å². The van der Waals surface area contributed by atoms with Gasteiger partial charge < -0.3 is 4.57 Å². The predicted molar refractivity (Wildman–Crippen MR) is 131 cm³/mol. The van der Waals surface area contributed by atoms with E-state index in [0.29, 0.717) is 25.7 Å². The summed E-state index contributed by atoms with van der Waals surface area (Å²) in [7, 11) is -2.03. The number of rotatable bonds is 6. The number of aromatic nitrogens is 4. The molecule has 188 valence electrons. The third-order valence-corrected chi connectivity index (χ3v) is 9.76. The molecule has 2 heterocycles. The van der Waals surface area contributed by atoms with E-state index in [1.807, 2.05) is 6.08 Å². The van der Waals surface area contributed by atoms with Crippen molar-refractivity contribution in [2.45, 2.75) is 62.6 Å². The van der Waals surface area contributed by atoms with Gasteiger partial charge in [0.2, 0.25) is 0 Å². The van der Waals surface area contributed by atoms with E-state index in [1.165, 1.54) is 24.7 Å². The topological polar surface area (TPSA) is 90.1 Å². The molecule has 0 radical (unpaired) electrons. The van der Waals surface area contributed by atoms with Crippen molar-refractivity contribution in [2.75, 3.05) is 0 Å². The molecule has 0 N–H and O–H groups in total. The number of sulfonamides is 1. The quantitative estimate of drug-likeness (QED) is 0.506. The smallest absolute Gasteiger partial charge is 0.262 e. The molecule has 3 aromatic rings. The highest BCUT2D eigenvalue weighted by Crippen LogP contribution is 2.51. The molecule has 0 spiro atoms. The number of ketones is 1. The summed E-state index contributed by atoms with van der Waals surface area (Å²) in [5.74, 6) is -0.266. The Morgan fingerprint density at radius 3 is 2.56 bits per heavy atom. The number of nitrogens with zero attached hydrogens (tertiary/aromatic N) is 5. The van der Waals surface area contributed by atoms with E-state index >= 15 is 0 Å². The Kier molecular flexibility index (Phi) is 5.31. The maximum absolute atomic E-state index is 13.7. The Hall–Kier alpha value is -3.11. The van der Waals surface area contributed by atoms with Crippen molar-refractivity contribution in [3.63, 3.8) is 0 Å². The van der Waals surface area contributed by atoms with Gasteiger partial charge in [0.15, 0.2) is 5.03 Å². The van der Waals surface area contributed by atoms with Crippen molar-refractivity contribution in [3.05, 3.63) is 65.6 Å². The predicted octanol–water partition coefficient (Wildman–Crippen LogP) is 3.67. The van der Waals surface area contributed by atoms with Gasteiger partial charge >= 0.3 is 0 Å². The lowest BCUT2D eigenvalue weighted by molar-refractivity contribution is -0.126. The van der Waals surface area contributed by atoms with Crippen molar-refractivity contribution in [1.82, 2.24) is 23.6 Å². The molecule has 0 saturated heterocycles. The Morgan fingerprint density at radius 1 is 1.17 bits per heavy atom. The highest BCUT2D eigenvalue weighted by molar-refractivity contribution is 7.89. The van der Waals surface area contributed by atoms with Gasteiger partial charge in [-0.1, -0.05) is 5.57 Å². The SMILES string of the molecule is CC(=O)[C@]12Cc3cnn(-c4ccc(F)cc4)c3C=C1CC[C@H](N(C1CC1)S(=O)(=O)c1cn(C)cn1)C2. The number of Topliss-reactive ketones (excluding diaryl/α,β-unsaturated/α-hetero) is 1. The summed E-state index contributed by atoms with van der Waals surface area (Å²) in [4.78, 5) is 17.4. The number of fused-ring (bicyclic) bond motifs is 2. The number of hydrogen-bond acceptors (Lipinski definition) is 5. The number of carbonyl (C=O) groups is 1. The van der Waals surface area contributed by atoms with Gasteiger partial charge in [-0.05, 0) is 81.4 Å². The third-order valence-electron chi connectivity index (χ3n) is 7.87. The van der Waals surface area contributed by atoms with E-state index in [9.17, 15) is 17.6 Å². The van der Waals surface area contributed by atoms with Crippen LogP contribution < -0.4 is 0 Å². The second-order valence-corrected chi connectivity index (χ2v) is 12.1. The molecular weight excluding hydrogens is 481 g/mol. The van der Waals surface area contributed by atoms with E-state index in [4.69, 9.17) is 0 Å². The first-order valence-corrected chi connectivity index (χ1v) is 13.7. The average molecular weight is 510 g/mol. The highest BCUT2D eigenvalue weighted by atomic mass is 32.2. The average Bonchev–Trinajstić information content (AvgIpc) is 3.42. The van der Waals surface area contributed by atoms with Crippen LogP contribution in [0.25, 0.3) is 11.8 Å². The Labute approximate surface area is 209 Å². The number of aryl methyl sites for hydroxylation is 1. The fraction of sp³-hybridized carbons (Fsp3) is 0.423. The number of benzene rings is 1. The van der Waals surface area contributed by atoms with Crippen LogP contribution in [-0.2, 0) is 28.3 Å². The van der Waals surface area contributed by atoms with Gasteiger partial charge in [-0.3, -0.25) is 4.79 Å². The molecular formula is C26H28FN5O3S. The van der Waals surface area contributed by atoms with Crippen LogP contribution in [0.15, 0.2) is 53.6 Å². The zero-order valence-electron chi connectivity index (χ0n) is 20.3. The molecule has 10 heteroatoms. The minimum absolute atomic E-state index is 0.0445. The maximum atomic E-state index is 13.7. The molecule has 0 unspecified atom stereocenters. The van der Waals surface area contributed by atoms with Crippen molar-refractivity contribution >= 4 is 21.9 Å². The summed E-state index contributed by atoms with van der Waals surface area (Å²) in [5, 5.41) is 4.60. The van der Waals surface area contributed by atoms with Crippen molar-refractivity contribution in [1.29, 1.82) is 0 Å². The van der Waals surface area contributed by atoms with Gasteiger partial charge in [-0.15, -0.1) is 0 Å². The highest BCUT2D eigenvalue weighted by Gasteiger charge is 2.52. The Bertz CT molecular complexity index is 1490. The summed E-state index contributed by atoms with van der Waals surface area (Å²) in [5.41, 5.74) is 2.84. The molecule has 6 rings (SSSR count). The standard InChI is InChI=1S/C26H28FN5O3S/c1-17(33)26-12-18-14-29-31(21-7-4-20(27)5-8-21)24(18)11-19(26)3-6-23(13-26)32(22-9-10-22)36(34,35)25-15-30(2)16-28-25/h4-5,7-8,11,14-16,22-23H,3,6,9-10,12-13H2,1-2H3/t23-,26+/m0/s1. The van der Waals surface area contributed by atoms with E-state index in [2.05, 4.69) is 10.1 Å². The first-order valence-electron chi connectivity index (χ1n) is 12.3. The monoisotopic (exact) mass is 509 g/mol. The summed E-state index contributed by atoms with van der Waals surface area (Å²) >= 11 is 0. The van der Waals surface area contributed by atoms with E-state index < -0.39 is 15.4 Å². The summed E-state index contributed by atoms with van der Waals surface area (Å²) in [6.45, 7) is 1.61. The molecule has 2 atom stereocenters. The van der Waals surface area contributed by atoms with E-state index in [-0.39, 0.29) is 28.7 Å². The molecule has 2 saturated carbocycles. The third kappa shape index (κ3) is 3.66. The number of carbonyl (C=O) groups excluding carboxylic acids is 1. The molecule has 2 fully saturated rings. The fourth-order valence-electron chi connectivity index (χ4n) is 5.91. The van der Waals surface area contributed by atoms with Gasteiger partial charge in [0, 0.05) is 25.3 Å². The minimum Gasteiger partial charge on any atom is -0.339 e. The first kappa shape index (κ1) is 23.3. The molecule has 1 aromatic carbocycles. The lowest BCUT2D eigenvalue weighted by Gasteiger charge is -2.46. The summed E-state index contributed by atoms with van der Waals surface area (Å²) in [6.07, 6.45) is 10.7. The van der Waals surface area contributed by atoms with Gasteiger partial charge in [0.25, 0.3) is 10.0 Å².